The molecular weight excluding hydrogens is 224 g/mol. The van der Waals surface area contributed by atoms with E-state index in [4.69, 9.17) is 14.4 Å². The van der Waals surface area contributed by atoms with Crippen molar-refractivity contribution in [1.29, 1.82) is 0 Å². The van der Waals surface area contributed by atoms with Gasteiger partial charge in [0.25, 0.3) is 0 Å². The molecule has 0 bridgehead atoms. The van der Waals surface area contributed by atoms with Crippen LogP contribution in [0.4, 0.5) is 0 Å². The summed E-state index contributed by atoms with van der Waals surface area (Å²) in [5.74, 6) is -0.472. The summed E-state index contributed by atoms with van der Waals surface area (Å²) < 4.78 is 10.1. The van der Waals surface area contributed by atoms with Crippen LogP contribution in [0.25, 0.3) is 0 Å². The van der Waals surface area contributed by atoms with Gasteiger partial charge in [-0.3, -0.25) is 4.90 Å². The second kappa shape index (κ2) is 5.29. The Hall–Kier alpha value is -1.40. The second-order valence-electron chi connectivity index (χ2n) is 4.18. The van der Waals surface area contributed by atoms with E-state index in [1.807, 2.05) is 0 Å². The molecule has 0 aromatic carbocycles. The van der Waals surface area contributed by atoms with E-state index in [1.54, 1.807) is 7.11 Å². The first-order chi connectivity index (χ1) is 8.20. The topological polar surface area (TPSA) is 75.8 Å². The number of hydrogen-bond acceptors (Lipinski definition) is 5. The molecule has 17 heavy (non-hydrogen) atoms. The van der Waals surface area contributed by atoms with Crippen LogP contribution in [-0.2, 0) is 11.3 Å². The van der Waals surface area contributed by atoms with E-state index in [9.17, 15) is 4.79 Å². The Kier molecular flexibility index (Phi) is 3.75. The van der Waals surface area contributed by atoms with Crippen molar-refractivity contribution in [3.63, 3.8) is 0 Å². The van der Waals surface area contributed by atoms with Crippen molar-refractivity contribution in [2.24, 2.45) is 0 Å². The number of carbonyl (C=O) groups is 1. The molecule has 1 aliphatic carbocycles. The second-order valence-corrected chi connectivity index (χ2v) is 4.18. The molecule has 1 N–H and O–H groups in total. The zero-order valence-corrected chi connectivity index (χ0v) is 9.76. The molecule has 0 atom stereocenters. The van der Waals surface area contributed by atoms with Crippen LogP contribution >= 0.6 is 0 Å². The smallest absolute Gasteiger partial charge is 0.358 e. The SMILES string of the molecule is COCCN(Cc1cc(C(=O)O)no1)C1CC1. The Balaban J connectivity index is 1.93. The number of aromatic nitrogens is 1. The highest BCUT2D eigenvalue weighted by Crippen LogP contribution is 2.28. The molecule has 0 aliphatic heterocycles. The summed E-state index contributed by atoms with van der Waals surface area (Å²) >= 11 is 0. The number of carboxylic acid groups (broad SMARTS) is 1. The average molecular weight is 240 g/mol. The molecule has 6 heteroatoms. The van der Waals surface area contributed by atoms with E-state index in [2.05, 4.69) is 10.1 Å². The highest BCUT2D eigenvalue weighted by Gasteiger charge is 2.29. The van der Waals surface area contributed by atoms with Gasteiger partial charge in [0.15, 0.2) is 11.5 Å². The van der Waals surface area contributed by atoms with Crippen LogP contribution in [0.5, 0.6) is 0 Å². The molecular formula is C11H16N2O4. The van der Waals surface area contributed by atoms with Gasteiger partial charge >= 0.3 is 5.97 Å². The molecule has 0 unspecified atom stereocenters. The monoisotopic (exact) mass is 240 g/mol. The Labute approximate surface area is 99.1 Å². The van der Waals surface area contributed by atoms with E-state index in [1.165, 1.54) is 18.9 Å². The van der Waals surface area contributed by atoms with E-state index >= 15 is 0 Å². The summed E-state index contributed by atoms with van der Waals surface area (Å²) in [7, 11) is 1.67. The number of hydrogen-bond donors (Lipinski definition) is 1. The van der Waals surface area contributed by atoms with Crippen molar-refractivity contribution in [2.45, 2.75) is 25.4 Å². The Morgan fingerprint density at radius 2 is 2.47 bits per heavy atom. The summed E-state index contributed by atoms with van der Waals surface area (Å²) in [6.45, 7) is 2.08. The van der Waals surface area contributed by atoms with Crippen LogP contribution in [0.15, 0.2) is 10.6 Å². The van der Waals surface area contributed by atoms with Crippen LogP contribution in [0.1, 0.15) is 29.1 Å². The summed E-state index contributed by atoms with van der Waals surface area (Å²) in [5, 5.41) is 12.2. The van der Waals surface area contributed by atoms with E-state index in [0.29, 0.717) is 25.0 Å². The van der Waals surface area contributed by atoms with E-state index in [0.717, 1.165) is 6.54 Å². The molecule has 1 aliphatic rings. The van der Waals surface area contributed by atoms with Crippen LogP contribution < -0.4 is 0 Å². The van der Waals surface area contributed by atoms with Crippen molar-refractivity contribution in [2.75, 3.05) is 20.3 Å². The third-order valence-electron chi connectivity index (χ3n) is 2.78. The highest BCUT2D eigenvalue weighted by molar-refractivity contribution is 5.85. The average Bonchev–Trinajstić information content (AvgIpc) is 3.04. The maximum absolute atomic E-state index is 10.7. The van der Waals surface area contributed by atoms with Gasteiger partial charge in [-0.15, -0.1) is 0 Å². The maximum Gasteiger partial charge on any atom is 0.358 e. The van der Waals surface area contributed by atoms with Crippen LogP contribution in [-0.4, -0.2) is 47.4 Å². The predicted octanol–water partition coefficient (Wildman–Crippen LogP) is 0.984. The molecule has 94 valence electrons. The zero-order valence-electron chi connectivity index (χ0n) is 9.76. The van der Waals surface area contributed by atoms with Gasteiger partial charge in [0.1, 0.15) is 0 Å². The third-order valence-corrected chi connectivity index (χ3v) is 2.78. The summed E-state index contributed by atoms with van der Waals surface area (Å²) in [5.41, 5.74) is -0.0394. The fourth-order valence-electron chi connectivity index (χ4n) is 1.73. The number of rotatable bonds is 7. The largest absolute Gasteiger partial charge is 0.476 e. The Morgan fingerprint density at radius 1 is 1.71 bits per heavy atom. The molecule has 1 saturated carbocycles. The number of nitrogens with zero attached hydrogens (tertiary/aromatic N) is 2. The van der Waals surface area contributed by atoms with Crippen LogP contribution in [0.2, 0.25) is 0 Å². The Bertz CT molecular complexity index is 387. The Morgan fingerprint density at radius 3 is 3.00 bits per heavy atom. The van der Waals surface area contributed by atoms with Gasteiger partial charge in [0.05, 0.1) is 13.2 Å². The lowest BCUT2D eigenvalue weighted by atomic mass is 10.3. The normalized spacial score (nSPS) is 15.4. The molecule has 1 aromatic rings. The van der Waals surface area contributed by atoms with Gasteiger partial charge in [-0.05, 0) is 12.8 Å². The lowest BCUT2D eigenvalue weighted by molar-refractivity contribution is 0.0685. The quantitative estimate of drug-likeness (QED) is 0.765. The minimum absolute atomic E-state index is 0.0394. The van der Waals surface area contributed by atoms with Crippen molar-refractivity contribution >= 4 is 5.97 Å². The van der Waals surface area contributed by atoms with Crippen LogP contribution in [0, 0.1) is 0 Å². The van der Waals surface area contributed by atoms with E-state index in [-0.39, 0.29) is 5.69 Å². The molecule has 1 aromatic heterocycles. The molecule has 0 spiro atoms. The number of carboxylic acids is 1. The molecule has 0 amide bonds. The van der Waals surface area contributed by atoms with Gasteiger partial charge < -0.3 is 14.4 Å². The van der Waals surface area contributed by atoms with Crippen molar-refractivity contribution in [3.8, 4) is 0 Å². The fraction of sp³-hybridized carbons (Fsp3) is 0.636. The number of aromatic carboxylic acids is 1. The van der Waals surface area contributed by atoms with Crippen LogP contribution in [0.3, 0.4) is 0 Å². The predicted molar refractivity (Wildman–Crippen MR) is 58.8 cm³/mol. The molecule has 2 rings (SSSR count). The first-order valence-electron chi connectivity index (χ1n) is 5.62. The highest BCUT2D eigenvalue weighted by atomic mass is 16.5. The lowest BCUT2D eigenvalue weighted by Crippen LogP contribution is -2.28. The first kappa shape index (κ1) is 12.1. The molecule has 0 radical (unpaired) electrons. The summed E-state index contributed by atoms with van der Waals surface area (Å²) in [6, 6.07) is 2.05. The van der Waals surface area contributed by atoms with Gasteiger partial charge in [-0.2, -0.15) is 0 Å². The molecule has 6 nitrogen and oxygen atoms in total. The zero-order chi connectivity index (χ0) is 12.3. The van der Waals surface area contributed by atoms with Gasteiger partial charge in [-0.1, -0.05) is 5.16 Å². The van der Waals surface area contributed by atoms with Crippen molar-refractivity contribution < 1.29 is 19.2 Å². The number of methoxy groups -OCH3 is 1. The van der Waals surface area contributed by atoms with Crippen molar-refractivity contribution in [3.05, 3.63) is 17.5 Å². The molecule has 1 heterocycles. The standard InChI is InChI=1S/C11H16N2O4/c1-16-5-4-13(8-2-3-8)7-9-6-10(11(14)15)12-17-9/h6,8H,2-5,7H2,1H3,(H,14,15). The maximum atomic E-state index is 10.7. The molecule has 0 saturated heterocycles. The minimum atomic E-state index is -1.06. The first-order valence-corrected chi connectivity index (χ1v) is 5.62. The van der Waals surface area contributed by atoms with E-state index < -0.39 is 5.97 Å². The lowest BCUT2D eigenvalue weighted by Gasteiger charge is -2.19. The minimum Gasteiger partial charge on any atom is -0.476 e. The molecule has 1 fully saturated rings. The van der Waals surface area contributed by atoms with Gasteiger partial charge in [-0.25, -0.2) is 4.79 Å². The van der Waals surface area contributed by atoms with Gasteiger partial charge in [0, 0.05) is 25.8 Å². The fourth-order valence-corrected chi connectivity index (χ4v) is 1.73. The third kappa shape index (κ3) is 3.28. The number of ether oxygens (including phenoxy) is 1. The van der Waals surface area contributed by atoms with Gasteiger partial charge in [0.2, 0.25) is 0 Å². The summed E-state index contributed by atoms with van der Waals surface area (Å²) in [6.07, 6.45) is 2.37. The summed E-state index contributed by atoms with van der Waals surface area (Å²) in [4.78, 5) is 12.9. The van der Waals surface area contributed by atoms with Crippen molar-refractivity contribution in [1.82, 2.24) is 10.1 Å².